The monoisotopic (exact) mass is 201 g/mol. The number of fused-ring (bicyclic) bond motifs is 1. The van der Waals surface area contributed by atoms with E-state index in [1.165, 1.54) is 6.20 Å². The lowest BCUT2D eigenvalue weighted by atomic mass is 9.96. The second-order valence-electron chi connectivity index (χ2n) is 3.03. The summed E-state index contributed by atoms with van der Waals surface area (Å²) in [7, 11) is 0. The van der Waals surface area contributed by atoms with Crippen molar-refractivity contribution >= 4 is 23.2 Å². The Balaban J connectivity index is 2.62. The highest BCUT2D eigenvalue weighted by Gasteiger charge is 2.22. The number of para-hydroxylation sites is 1. The fourth-order valence-electron chi connectivity index (χ4n) is 1.47. The third kappa shape index (κ3) is 1.43. The molecule has 1 aromatic rings. The minimum absolute atomic E-state index is 0.0660. The van der Waals surface area contributed by atoms with Gasteiger partial charge >= 0.3 is 5.97 Å². The van der Waals surface area contributed by atoms with Crippen LogP contribution in [0.3, 0.4) is 0 Å². The summed E-state index contributed by atoms with van der Waals surface area (Å²) in [6.45, 7) is 0. The summed E-state index contributed by atoms with van der Waals surface area (Å²) in [5.41, 5.74) is 1.29. The minimum atomic E-state index is -1.14. The number of nitrogens with one attached hydrogen (secondary N) is 1. The molecule has 1 aliphatic heterocycles. The van der Waals surface area contributed by atoms with Crippen LogP contribution in [0, 0.1) is 0 Å². The number of hydrogen-bond acceptors (Lipinski definition) is 3. The maximum absolute atomic E-state index is 10.8. The Hall–Kier alpha value is -2.32. The number of carboxylic acids is 1. The Kier molecular flexibility index (Phi) is 2.12. The maximum atomic E-state index is 10.8. The van der Waals surface area contributed by atoms with Gasteiger partial charge in [-0.15, -0.1) is 0 Å². The van der Waals surface area contributed by atoms with Gasteiger partial charge in [0, 0.05) is 17.5 Å². The lowest BCUT2D eigenvalue weighted by Gasteiger charge is -2.16. The quantitative estimate of drug-likeness (QED) is 0.672. The van der Waals surface area contributed by atoms with Crippen LogP contribution in [0.2, 0.25) is 0 Å². The molecule has 2 rings (SSSR count). The molecule has 4 heteroatoms. The number of carbonyl (C=O) groups is 1. The molecule has 0 aliphatic carbocycles. The van der Waals surface area contributed by atoms with Crippen LogP contribution in [0.1, 0.15) is 5.56 Å². The highest BCUT2D eigenvalue weighted by atomic mass is 16.4. The van der Waals surface area contributed by atoms with Gasteiger partial charge in [0.25, 0.3) is 0 Å². The third-order valence-electron chi connectivity index (χ3n) is 2.17. The molecule has 2 N–H and O–H groups in total. The highest BCUT2D eigenvalue weighted by Crippen LogP contribution is 2.31. The van der Waals surface area contributed by atoms with Crippen molar-refractivity contribution in [1.82, 2.24) is 0 Å². The number of anilines is 1. The second kappa shape index (κ2) is 3.44. The average Bonchev–Trinajstić information content (AvgIpc) is 2.27. The lowest BCUT2D eigenvalue weighted by molar-refractivity contribution is -0.132. The van der Waals surface area contributed by atoms with Gasteiger partial charge < -0.3 is 10.4 Å². The van der Waals surface area contributed by atoms with Crippen LogP contribution < -0.4 is 5.32 Å². The molecule has 15 heavy (non-hydrogen) atoms. The van der Waals surface area contributed by atoms with E-state index in [0.29, 0.717) is 11.3 Å². The summed E-state index contributed by atoms with van der Waals surface area (Å²) in [5.74, 6) is 0.526. The number of hydrogen-bond donors (Lipinski definition) is 2. The summed E-state index contributed by atoms with van der Waals surface area (Å²) in [5, 5.41) is 11.7. The zero-order valence-corrected chi connectivity index (χ0v) is 7.65. The number of rotatable bonds is 1. The summed E-state index contributed by atoms with van der Waals surface area (Å²) in [6, 6.07) is 6.98. The highest BCUT2D eigenvalue weighted by molar-refractivity contribution is 6.15. The van der Waals surface area contributed by atoms with Crippen molar-refractivity contribution < 1.29 is 14.7 Å². The van der Waals surface area contributed by atoms with E-state index >= 15 is 0 Å². The number of carbonyl (C=O) groups excluding carboxylic acids is 1. The van der Waals surface area contributed by atoms with Crippen LogP contribution in [-0.4, -0.2) is 17.0 Å². The van der Waals surface area contributed by atoms with E-state index in [1.54, 1.807) is 30.2 Å². The number of aliphatic carboxylic acids is 1. The first kappa shape index (κ1) is 9.24. The molecular formula is C11H7NO3. The van der Waals surface area contributed by atoms with Gasteiger partial charge in [-0.05, 0) is 6.07 Å². The van der Waals surface area contributed by atoms with Crippen molar-refractivity contribution in [3.05, 3.63) is 41.6 Å². The van der Waals surface area contributed by atoms with Gasteiger partial charge in [0.2, 0.25) is 0 Å². The molecule has 0 amide bonds. The minimum Gasteiger partial charge on any atom is -0.478 e. The Bertz CT molecular complexity index is 510. The number of benzene rings is 1. The molecule has 1 aromatic carbocycles. The van der Waals surface area contributed by atoms with Gasteiger partial charge in [-0.3, -0.25) is 0 Å². The van der Waals surface area contributed by atoms with Crippen LogP contribution in [-0.2, 0) is 9.59 Å². The van der Waals surface area contributed by atoms with E-state index in [2.05, 4.69) is 5.32 Å². The Morgan fingerprint density at radius 2 is 2.07 bits per heavy atom. The molecule has 1 heterocycles. The van der Waals surface area contributed by atoms with E-state index in [4.69, 9.17) is 5.11 Å². The molecule has 1 aliphatic rings. The van der Waals surface area contributed by atoms with Gasteiger partial charge in [0.15, 0.2) is 0 Å². The topological polar surface area (TPSA) is 66.4 Å². The van der Waals surface area contributed by atoms with E-state index < -0.39 is 5.97 Å². The molecule has 0 aromatic heterocycles. The standard InChI is InChI=1S/C11H7NO3/c13-6-9-7-3-1-2-4-10(7)12-5-8(9)11(14)15/h1-5,12H,(H,14,15). The SMILES string of the molecule is O=C=C1C(C(=O)O)=CNc2ccccc21. The largest absolute Gasteiger partial charge is 0.478 e. The molecule has 0 bridgehead atoms. The molecular weight excluding hydrogens is 194 g/mol. The van der Waals surface area contributed by atoms with Gasteiger partial charge in [-0.1, -0.05) is 18.2 Å². The van der Waals surface area contributed by atoms with Crippen LogP contribution >= 0.6 is 0 Å². The molecule has 74 valence electrons. The zero-order valence-electron chi connectivity index (χ0n) is 7.65. The van der Waals surface area contributed by atoms with E-state index in [0.717, 1.165) is 0 Å². The van der Waals surface area contributed by atoms with Gasteiger partial charge in [-0.2, -0.15) is 0 Å². The average molecular weight is 201 g/mol. The fourth-order valence-corrected chi connectivity index (χ4v) is 1.47. The Morgan fingerprint density at radius 3 is 2.73 bits per heavy atom. The maximum Gasteiger partial charge on any atom is 0.338 e. The van der Waals surface area contributed by atoms with E-state index in [1.807, 2.05) is 0 Å². The van der Waals surface area contributed by atoms with Gasteiger partial charge in [0.05, 0.1) is 11.1 Å². The molecule has 0 unspecified atom stereocenters. The van der Waals surface area contributed by atoms with Crippen LogP contribution in [0.5, 0.6) is 0 Å². The predicted molar refractivity (Wildman–Crippen MR) is 54.9 cm³/mol. The smallest absolute Gasteiger partial charge is 0.338 e. The summed E-state index contributed by atoms with van der Waals surface area (Å²) < 4.78 is 0. The summed E-state index contributed by atoms with van der Waals surface area (Å²) in [6.07, 6.45) is 1.30. The fraction of sp³-hybridized carbons (Fsp3) is 0. The van der Waals surface area contributed by atoms with Crippen molar-refractivity contribution in [3.8, 4) is 0 Å². The molecule has 0 saturated heterocycles. The van der Waals surface area contributed by atoms with E-state index in [9.17, 15) is 9.59 Å². The molecule has 0 saturated carbocycles. The van der Waals surface area contributed by atoms with Crippen molar-refractivity contribution in [2.75, 3.05) is 5.32 Å². The van der Waals surface area contributed by atoms with Crippen LogP contribution in [0.15, 0.2) is 36.0 Å². The molecule has 0 fully saturated rings. The zero-order chi connectivity index (χ0) is 10.8. The Morgan fingerprint density at radius 1 is 1.33 bits per heavy atom. The first-order valence-electron chi connectivity index (χ1n) is 4.29. The first-order chi connectivity index (χ1) is 7.24. The van der Waals surface area contributed by atoms with Crippen molar-refractivity contribution in [2.45, 2.75) is 0 Å². The predicted octanol–water partition coefficient (Wildman–Crippen LogP) is 1.30. The summed E-state index contributed by atoms with van der Waals surface area (Å²) >= 11 is 0. The molecule has 0 atom stereocenters. The normalized spacial score (nSPS) is 13.3. The third-order valence-corrected chi connectivity index (χ3v) is 2.17. The first-order valence-corrected chi connectivity index (χ1v) is 4.29. The van der Waals surface area contributed by atoms with Crippen molar-refractivity contribution in [3.63, 3.8) is 0 Å². The van der Waals surface area contributed by atoms with Crippen LogP contribution in [0.25, 0.3) is 5.57 Å². The molecule has 0 spiro atoms. The van der Waals surface area contributed by atoms with Crippen molar-refractivity contribution in [1.29, 1.82) is 0 Å². The number of carboxylic acid groups (broad SMARTS) is 1. The van der Waals surface area contributed by atoms with Gasteiger partial charge in [0.1, 0.15) is 5.94 Å². The Labute approximate surface area is 85.5 Å². The summed E-state index contributed by atoms with van der Waals surface area (Å²) in [4.78, 5) is 21.6. The van der Waals surface area contributed by atoms with E-state index in [-0.39, 0.29) is 11.1 Å². The molecule has 0 radical (unpaired) electrons. The van der Waals surface area contributed by atoms with Crippen molar-refractivity contribution in [2.24, 2.45) is 0 Å². The lowest BCUT2D eigenvalue weighted by Crippen LogP contribution is -2.11. The van der Waals surface area contributed by atoms with Crippen LogP contribution in [0.4, 0.5) is 5.69 Å². The van der Waals surface area contributed by atoms with Gasteiger partial charge in [-0.25, -0.2) is 9.59 Å². The second-order valence-corrected chi connectivity index (χ2v) is 3.03. The molecule has 4 nitrogen and oxygen atoms in total.